The number of carboxylic acids is 1. The molecule has 0 aliphatic rings. The van der Waals surface area contributed by atoms with E-state index in [4.69, 9.17) is 14.3 Å². The highest BCUT2D eigenvalue weighted by Gasteiger charge is 2.16. The molecule has 0 amide bonds. The summed E-state index contributed by atoms with van der Waals surface area (Å²) in [5.41, 5.74) is 0.515. The summed E-state index contributed by atoms with van der Waals surface area (Å²) in [5, 5.41) is 10.2. The molecule has 2 aromatic carbocycles. The van der Waals surface area contributed by atoms with Crippen molar-refractivity contribution in [1.29, 1.82) is 0 Å². The quantitative estimate of drug-likeness (QED) is 0.705. The third-order valence-corrected chi connectivity index (χ3v) is 3.45. The molecule has 0 fully saturated rings. The van der Waals surface area contributed by atoms with Gasteiger partial charge in [0.25, 0.3) is 0 Å². The number of carbonyl (C=O) groups is 2. The predicted octanol–water partition coefficient (Wildman–Crippen LogP) is 3.52. The van der Waals surface area contributed by atoms with E-state index >= 15 is 0 Å². The molecule has 0 radical (unpaired) electrons. The van der Waals surface area contributed by atoms with Crippen molar-refractivity contribution in [3.63, 3.8) is 0 Å². The minimum absolute atomic E-state index is 0.0742. The van der Waals surface area contributed by atoms with E-state index in [1.807, 2.05) is 24.3 Å². The van der Waals surface area contributed by atoms with Gasteiger partial charge in [-0.15, -0.1) is 0 Å². The molecule has 0 unspecified atom stereocenters. The summed E-state index contributed by atoms with van der Waals surface area (Å²) in [7, 11) is 0. The number of benzene rings is 2. The second kappa shape index (κ2) is 6.36. The largest absolute Gasteiger partial charge is 0.492 e. The summed E-state index contributed by atoms with van der Waals surface area (Å²) in [5.74, 6) is -0.297. The summed E-state index contributed by atoms with van der Waals surface area (Å²) < 4.78 is 10.7. The van der Waals surface area contributed by atoms with Crippen LogP contribution in [-0.4, -0.2) is 23.5 Å². The van der Waals surface area contributed by atoms with Gasteiger partial charge in [0.2, 0.25) is 5.78 Å². The Morgan fingerprint density at radius 1 is 1.00 bits per heavy atom. The zero-order valence-corrected chi connectivity index (χ0v) is 12.2. The van der Waals surface area contributed by atoms with Crippen molar-refractivity contribution in [2.45, 2.75) is 6.42 Å². The smallest absolute Gasteiger partial charge is 0.306 e. The Morgan fingerprint density at radius 3 is 2.48 bits per heavy atom. The number of hydrogen-bond donors (Lipinski definition) is 1. The van der Waals surface area contributed by atoms with Gasteiger partial charge in [0.05, 0.1) is 19.3 Å². The standard InChI is InChI=1S/C18H14O5/c19-17(20)9-11-23-15-8-7-14(12-4-1-2-5-13(12)15)18(21)16-6-3-10-22-16/h1-8,10H,9,11H2,(H,19,20). The van der Waals surface area contributed by atoms with Crippen LogP contribution in [0.4, 0.5) is 0 Å². The van der Waals surface area contributed by atoms with Gasteiger partial charge in [0.15, 0.2) is 5.76 Å². The third-order valence-electron chi connectivity index (χ3n) is 3.45. The van der Waals surface area contributed by atoms with E-state index in [1.165, 1.54) is 6.26 Å². The lowest BCUT2D eigenvalue weighted by atomic mass is 9.99. The van der Waals surface area contributed by atoms with Crippen LogP contribution in [0.25, 0.3) is 10.8 Å². The van der Waals surface area contributed by atoms with E-state index in [2.05, 4.69) is 0 Å². The molecule has 0 aliphatic carbocycles. The minimum atomic E-state index is -0.918. The number of rotatable bonds is 6. The monoisotopic (exact) mass is 310 g/mol. The zero-order valence-electron chi connectivity index (χ0n) is 12.2. The molecule has 0 bridgehead atoms. The van der Waals surface area contributed by atoms with Gasteiger partial charge in [0.1, 0.15) is 5.75 Å². The second-order valence-electron chi connectivity index (χ2n) is 4.96. The Hall–Kier alpha value is -3.08. The number of ether oxygens (including phenoxy) is 1. The highest BCUT2D eigenvalue weighted by molar-refractivity contribution is 6.16. The lowest BCUT2D eigenvalue weighted by Crippen LogP contribution is -2.06. The molecule has 0 aliphatic heterocycles. The summed E-state index contributed by atoms with van der Waals surface area (Å²) in [4.78, 5) is 23.1. The molecule has 0 saturated carbocycles. The molecule has 0 atom stereocenters. The van der Waals surface area contributed by atoms with Crippen LogP contribution < -0.4 is 4.74 Å². The van der Waals surface area contributed by atoms with Gasteiger partial charge in [-0.2, -0.15) is 0 Å². The van der Waals surface area contributed by atoms with Crippen LogP contribution in [0.1, 0.15) is 22.5 Å². The van der Waals surface area contributed by atoms with Gasteiger partial charge in [-0.05, 0) is 29.7 Å². The number of aliphatic carboxylic acids is 1. The van der Waals surface area contributed by atoms with E-state index in [9.17, 15) is 9.59 Å². The first kappa shape index (κ1) is 14.8. The molecule has 5 nitrogen and oxygen atoms in total. The maximum Gasteiger partial charge on any atom is 0.306 e. The Morgan fingerprint density at radius 2 is 1.78 bits per heavy atom. The topological polar surface area (TPSA) is 76.7 Å². The molecule has 1 N–H and O–H groups in total. The fourth-order valence-corrected chi connectivity index (χ4v) is 2.38. The SMILES string of the molecule is O=C(O)CCOc1ccc(C(=O)c2ccco2)c2ccccc12. The molecule has 1 aromatic heterocycles. The molecule has 116 valence electrons. The highest BCUT2D eigenvalue weighted by atomic mass is 16.5. The van der Waals surface area contributed by atoms with Crippen molar-refractivity contribution in [2.75, 3.05) is 6.61 Å². The normalized spacial score (nSPS) is 10.6. The third kappa shape index (κ3) is 3.08. The van der Waals surface area contributed by atoms with E-state index < -0.39 is 5.97 Å². The summed E-state index contributed by atoms with van der Waals surface area (Å²) in [6.07, 6.45) is 1.38. The van der Waals surface area contributed by atoms with Gasteiger partial charge in [-0.1, -0.05) is 24.3 Å². The number of furan rings is 1. The molecule has 0 saturated heterocycles. The number of fused-ring (bicyclic) bond motifs is 1. The Kier molecular flexibility index (Phi) is 4.10. The van der Waals surface area contributed by atoms with Gasteiger partial charge in [-0.25, -0.2) is 0 Å². The maximum absolute atomic E-state index is 12.5. The van der Waals surface area contributed by atoms with Crippen LogP contribution in [-0.2, 0) is 4.79 Å². The molecule has 1 heterocycles. The Bertz CT molecular complexity index is 849. The predicted molar refractivity (Wildman–Crippen MR) is 83.8 cm³/mol. The van der Waals surface area contributed by atoms with E-state index in [-0.39, 0.29) is 24.6 Å². The van der Waals surface area contributed by atoms with Crippen molar-refractivity contribution in [1.82, 2.24) is 0 Å². The van der Waals surface area contributed by atoms with Crippen molar-refractivity contribution in [3.8, 4) is 5.75 Å². The van der Waals surface area contributed by atoms with Crippen molar-refractivity contribution in [3.05, 3.63) is 66.1 Å². The molecule has 5 heteroatoms. The number of carboxylic acid groups (broad SMARTS) is 1. The van der Waals surface area contributed by atoms with Crippen LogP contribution in [0.5, 0.6) is 5.75 Å². The van der Waals surface area contributed by atoms with Crippen molar-refractivity contribution < 1.29 is 23.8 Å². The Balaban J connectivity index is 1.99. The summed E-state index contributed by atoms with van der Waals surface area (Å²) in [6.45, 7) is 0.0742. The number of hydrogen-bond acceptors (Lipinski definition) is 4. The zero-order chi connectivity index (χ0) is 16.2. The summed E-state index contributed by atoms with van der Waals surface area (Å²) >= 11 is 0. The van der Waals surface area contributed by atoms with Gasteiger partial charge in [-0.3, -0.25) is 9.59 Å². The lowest BCUT2D eigenvalue weighted by molar-refractivity contribution is -0.137. The van der Waals surface area contributed by atoms with E-state index in [1.54, 1.807) is 24.3 Å². The molecule has 3 aromatic rings. The van der Waals surface area contributed by atoms with E-state index in [0.717, 1.165) is 10.8 Å². The average molecular weight is 310 g/mol. The average Bonchev–Trinajstić information content (AvgIpc) is 3.08. The first-order chi connectivity index (χ1) is 11.2. The molecular formula is C18H14O5. The number of carbonyl (C=O) groups excluding carboxylic acids is 1. The van der Waals surface area contributed by atoms with Crippen LogP contribution in [0, 0.1) is 0 Å². The fourth-order valence-electron chi connectivity index (χ4n) is 2.38. The first-order valence-electron chi connectivity index (χ1n) is 7.11. The first-order valence-corrected chi connectivity index (χ1v) is 7.11. The van der Waals surface area contributed by atoms with Crippen LogP contribution >= 0.6 is 0 Å². The lowest BCUT2D eigenvalue weighted by Gasteiger charge is -2.11. The van der Waals surface area contributed by atoms with Gasteiger partial charge >= 0.3 is 5.97 Å². The Labute approximate surface area is 132 Å². The number of ketones is 1. The minimum Gasteiger partial charge on any atom is -0.492 e. The van der Waals surface area contributed by atoms with Crippen LogP contribution in [0.2, 0.25) is 0 Å². The maximum atomic E-state index is 12.5. The molecule has 3 rings (SSSR count). The van der Waals surface area contributed by atoms with Gasteiger partial charge < -0.3 is 14.3 Å². The molecular weight excluding hydrogens is 296 g/mol. The second-order valence-corrected chi connectivity index (χ2v) is 4.96. The van der Waals surface area contributed by atoms with Crippen molar-refractivity contribution >= 4 is 22.5 Å². The van der Waals surface area contributed by atoms with Gasteiger partial charge in [0, 0.05) is 10.9 Å². The molecule has 0 spiro atoms. The van der Waals surface area contributed by atoms with E-state index in [0.29, 0.717) is 11.3 Å². The summed E-state index contributed by atoms with van der Waals surface area (Å²) in [6, 6.07) is 14.0. The van der Waals surface area contributed by atoms with Crippen LogP contribution in [0.15, 0.2) is 59.2 Å². The highest BCUT2D eigenvalue weighted by Crippen LogP contribution is 2.30. The van der Waals surface area contributed by atoms with Crippen LogP contribution in [0.3, 0.4) is 0 Å². The molecule has 23 heavy (non-hydrogen) atoms. The van der Waals surface area contributed by atoms with Crippen molar-refractivity contribution in [2.24, 2.45) is 0 Å². The fraction of sp³-hybridized carbons (Fsp3) is 0.111.